The van der Waals surface area contributed by atoms with E-state index in [9.17, 15) is 0 Å². The topological polar surface area (TPSA) is 105 Å². The van der Waals surface area contributed by atoms with E-state index in [1.807, 2.05) is 25.2 Å². The minimum atomic E-state index is -0.0259. The molecule has 30 heavy (non-hydrogen) atoms. The third-order valence-electron chi connectivity index (χ3n) is 4.90. The van der Waals surface area contributed by atoms with Gasteiger partial charge in [-0.15, -0.1) is 0 Å². The van der Waals surface area contributed by atoms with Crippen molar-refractivity contribution >= 4 is 22.8 Å². The van der Waals surface area contributed by atoms with Crippen molar-refractivity contribution in [1.82, 2.24) is 19.7 Å². The van der Waals surface area contributed by atoms with Crippen LogP contribution in [-0.4, -0.2) is 66.4 Å². The summed E-state index contributed by atoms with van der Waals surface area (Å²) in [5.41, 5.74) is 1.68. The fourth-order valence-corrected chi connectivity index (χ4v) is 3.29. The van der Waals surface area contributed by atoms with Crippen LogP contribution < -0.4 is 20.1 Å². The van der Waals surface area contributed by atoms with E-state index in [1.54, 1.807) is 25.1 Å². The first-order chi connectivity index (χ1) is 14.7. The van der Waals surface area contributed by atoms with Gasteiger partial charge in [0.15, 0.2) is 5.65 Å². The third-order valence-corrected chi connectivity index (χ3v) is 4.90. The van der Waals surface area contributed by atoms with E-state index >= 15 is 0 Å². The molecular weight excluding hydrogens is 388 g/mol. The highest BCUT2D eigenvalue weighted by Gasteiger charge is 2.17. The Hall–Kier alpha value is -3.11. The normalized spacial score (nSPS) is 16.4. The number of fused-ring (bicyclic) bond motifs is 1. The fraction of sp³-hybridized carbons (Fsp3) is 0.450. The van der Waals surface area contributed by atoms with Crippen molar-refractivity contribution < 1.29 is 18.9 Å². The molecular formula is C20H26N6O4. The minimum Gasteiger partial charge on any atom is -0.497 e. The molecule has 0 radical (unpaired) electrons. The molecule has 10 nitrogen and oxygen atoms in total. The lowest BCUT2D eigenvalue weighted by atomic mass is 10.2. The summed E-state index contributed by atoms with van der Waals surface area (Å²) in [5.74, 6) is 2.72. The van der Waals surface area contributed by atoms with Gasteiger partial charge in [0.05, 0.1) is 51.7 Å². The Morgan fingerprint density at radius 1 is 1.17 bits per heavy atom. The number of hydrogen-bond acceptors (Lipinski definition) is 9. The van der Waals surface area contributed by atoms with Crippen LogP contribution in [0.4, 0.5) is 11.8 Å². The van der Waals surface area contributed by atoms with E-state index in [4.69, 9.17) is 18.9 Å². The highest BCUT2D eigenvalue weighted by Crippen LogP contribution is 2.27. The Kier molecular flexibility index (Phi) is 6.15. The van der Waals surface area contributed by atoms with Crippen LogP contribution >= 0.6 is 0 Å². The maximum Gasteiger partial charge on any atom is 0.226 e. The first kappa shape index (κ1) is 20.2. The average molecular weight is 414 g/mol. The summed E-state index contributed by atoms with van der Waals surface area (Å²) in [5, 5.41) is 11.8. The first-order valence-corrected chi connectivity index (χ1v) is 9.75. The molecule has 0 saturated carbocycles. The van der Waals surface area contributed by atoms with Crippen LogP contribution in [0.1, 0.15) is 5.56 Å². The van der Waals surface area contributed by atoms with Crippen LogP contribution in [0.15, 0.2) is 24.4 Å². The summed E-state index contributed by atoms with van der Waals surface area (Å²) in [4.78, 5) is 9.25. The summed E-state index contributed by atoms with van der Waals surface area (Å²) in [7, 11) is 5.14. The van der Waals surface area contributed by atoms with E-state index in [0.29, 0.717) is 44.7 Å². The Morgan fingerprint density at radius 3 is 2.83 bits per heavy atom. The molecule has 0 spiro atoms. The second-order valence-corrected chi connectivity index (χ2v) is 6.88. The number of rotatable bonds is 8. The van der Waals surface area contributed by atoms with Crippen LogP contribution in [0.2, 0.25) is 0 Å². The maximum atomic E-state index is 5.68. The zero-order valence-electron chi connectivity index (χ0n) is 17.3. The van der Waals surface area contributed by atoms with Gasteiger partial charge in [-0.05, 0) is 18.2 Å². The molecule has 4 rings (SSSR count). The molecule has 2 N–H and O–H groups in total. The molecule has 3 aromatic rings. The van der Waals surface area contributed by atoms with Gasteiger partial charge >= 0.3 is 0 Å². The zero-order valence-corrected chi connectivity index (χ0v) is 17.3. The van der Waals surface area contributed by atoms with Crippen molar-refractivity contribution in [3.8, 4) is 11.5 Å². The van der Waals surface area contributed by atoms with Crippen molar-refractivity contribution in [3.05, 3.63) is 30.0 Å². The maximum absolute atomic E-state index is 5.68. The molecule has 1 aliphatic rings. The molecule has 1 atom stereocenters. The van der Waals surface area contributed by atoms with Gasteiger partial charge in [-0.2, -0.15) is 15.1 Å². The Balaban J connectivity index is 1.55. The Labute approximate surface area is 174 Å². The van der Waals surface area contributed by atoms with Gasteiger partial charge in [0.2, 0.25) is 5.95 Å². The number of hydrogen-bond donors (Lipinski definition) is 2. The largest absolute Gasteiger partial charge is 0.497 e. The SMILES string of the molecule is COc1ccc(OC)c(CNc2nc(NC[C@@H]3COCCO3)nc3c2cnn3C)c1. The van der Waals surface area contributed by atoms with Gasteiger partial charge in [0, 0.05) is 25.7 Å². The van der Waals surface area contributed by atoms with Crippen LogP contribution in [0.25, 0.3) is 11.0 Å². The standard InChI is InChI=1S/C20H26N6O4/c1-26-19-16(11-23-26)18(21-9-13-8-14(27-2)4-5-17(13)28-3)24-20(25-19)22-10-15-12-29-6-7-30-15/h4-5,8,11,15H,6-7,9-10,12H2,1-3H3,(H2,21,22,24,25)/t15-/m1/s1. The number of ether oxygens (including phenoxy) is 4. The number of nitrogens with zero attached hydrogens (tertiary/aromatic N) is 4. The molecule has 0 aliphatic carbocycles. The van der Waals surface area contributed by atoms with Gasteiger partial charge in [-0.25, -0.2) is 0 Å². The molecule has 0 unspecified atom stereocenters. The van der Waals surface area contributed by atoms with E-state index in [1.165, 1.54) is 0 Å². The van der Waals surface area contributed by atoms with E-state index in [-0.39, 0.29) is 6.10 Å². The predicted molar refractivity (Wildman–Crippen MR) is 112 cm³/mol. The lowest BCUT2D eigenvalue weighted by Crippen LogP contribution is -2.34. The second-order valence-electron chi connectivity index (χ2n) is 6.88. The lowest BCUT2D eigenvalue weighted by Gasteiger charge is -2.23. The van der Waals surface area contributed by atoms with E-state index < -0.39 is 0 Å². The summed E-state index contributed by atoms with van der Waals surface area (Å²) >= 11 is 0. The number of aromatic nitrogens is 4. The van der Waals surface area contributed by atoms with Crippen LogP contribution in [0, 0.1) is 0 Å². The number of nitrogens with one attached hydrogen (secondary N) is 2. The highest BCUT2D eigenvalue weighted by atomic mass is 16.6. The van der Waals surface area contributed by atoms with Crippen LogP contribution in [0.3, 0.4) is 0 Å². The van der Waals surface area contributed by atoms with E-state index in [0.717, 1.165) is 28.1 Å². The van der Waals surface area contributed by atoms with Gasteiger partial charge in [-0.3, -0.25) is 4.68 Å². The summed E-state index contributed by atoms with van der Waals surface area (Å²) in [6.45, 7) is 2.85. The van der Waals surface area contributed by atoms with Crippen LogP contribution in [0.5, 0.6) is 11.5 Å². The number of benzene rings is 1. The second kappa shape index (κ2) is 9.14. The quantitative estimate of drug-likeness (QED) is 0.571. The van der Waals surface area contributed by atoms with Gasteiger partial charge in [0.25, 0.3) is 0 Å². The molecule has 1 aliphatic heterocycles. The number of anilines is 2. The molecule has 3 heterocycles. The molecule has 1 saturated heterocycles. The molecule has 1 aromatic carbocycles. The molecule has 10 heteroatoms. The number of methoxy groups -OCH3 is 2. The molecule has 0 amide bonds. The summed E-state index contributed by atoms with van der Waals surface area (Å²) in [6, 6.07) is 5.69. The molecule has 160 valence electrons. The first-order valence-electron chi connectivity index (χ1n) is 9.75. The highest BCUT2D eigenvalue weighted by molar-refractivity contribution is 5.87. The summed E-state index contributed by atoms with van der Waals surface area (Å²) < 4.78 is 23.6. The Morgan fingerprint density at radius 2 is 2.07 bits per heavy atom. The molecule has 2 aromatic heterocycles. The monoisotopic (exact) mass is 414 g/mol. The lowest BCUT2D eigenvalue weighted by molar-refractivity contribution is -0.0819. The van der Waals surface area contributed by atoms with Gasteiger partial charge in [-0.1, -0.05) is 0 Å². The minimum absolute atomic E-state index is 0.0259. The predicted octanol–water partition coefficient (Wildman–Crippen LogP) is 1.82. The van der Waals surface area contributed by atoms with Gasteiger partial charge < -0.3 is 29.6 Å². The molecule has 1 fully saturated rings. The van der Waals surface area contributed by atoms with Crippen molar-refractivity contribution in [3.63, 3.8) is 0 Å². The number of aryl methyl sites for hydroxylation is 1. The van der Waals surface area contributed by atoms with Gasteiger partial charge in [0.1, 0.15) is 17.3 Å². The van der Waals surface area contributed by atoms with E-state index in [2.05, 4.69) is 25.7 Å². The summed E-state index contributed by atoms with van der Waals surface area (Å²) in [6.07, 6.45) is 1.73. The van der Waals surface area contributed by atoms with Crippen LogP contribution in [-0.2, 0) is 23.1 Å². The Bertz CT molecular complexity index is 1000. The smallest absolute Gasteiger partial charge is 0.226 e. The fourth-order valence-electron chi connectivity index (χ4n) is 3.29. The van der Waals surface area contributed by atoms with Crippen molar-refractivity contribution in [2.45, 2.75) is 12.6 Å². The third kappa shape index (κ3) is 4.39. The molecule has 0 bridgehead atoms. The average Bonchev–Trinajstić information content (AvgIpc) is 3.17. The van der Waals surface area contributed by atoms with Crippen molar-refractivity contribution in [1.29, 1.82) is 0 Å². The van der Waals surface area contributed by atoms with Crippen molar-refractivity contribution in [2.75, 3.05) is 51.2 Å². The zero-order chi connectivity index (χ0) is 20.9. The van der Waals surface area contributed by atoms with Crippen molar-refractivity contribution in [2.24, 2.45) is 7.05 Å².